The molecule has 0 fully saturated rings. The van der Waals surface area contributed by atoms with Crippen LogP contribution in [0, 0.1) is 17.8 Å². The molecule has 0 amide bonds. The van der Waals surface area contributed by atoms with Crippen molar-refractivity contribution in [3.05, 3.63) is 23.3 Å². The van der Waals surface area contributed by atoms with Gasteiger partial charge < -0.3 is 19.0 Å². The van der Waals surface area contributed by atoms with Crippen LogP contribution in [0.15, 0.2) is 12.1 Å². The van der Waals surface area contributed by atoms with Gasteiger partial charge in [-0.2, -0.15) is 0 Å². The molecule has 0 spiro atoms. The highest BCUT2D eigenvalue weighted by atomic mass is 28.4. The van der Waals surface area contributed by atoms with E-state index in [1.165, 1.54) is 7.11 Å². The van der Waals surface area contributed by atoms with Crippen molar-refractivity contribution in [2.24, 2.45) is 5.92 Å². The van der Waals surface area contributed by atoms with E-state index in [0.29, 0.717) is 46.5 Å². The van der Waals surface area contributed by atoms with Gasteiger partial charge in [-0.1, -0.05) is 48.5 Å². The van der Waals surface area contributed by atoms with Crippen LogP contribution in [0.3, 0.4) is 0 Å². The van der Waals surface area contributed by atoms with E-state index in [1.807, 2.05) is 6.92 Å². The fourth-order valence-corrected chi connectivity index (χ4v) is 10.6. The van der Waals surface area contributed by atoms with E-state index in [4.69, 9.17) is 13.9 Å². The number of hydrogen-bond acceptors (Lipinski definition) is 4. The number of ether oxygens (including phenoxy) is 2. The second-order valence-electron chi connectivity index (χ2n) is 9.46. The summed E-state index contributed by atoms with van der Waals surface area (Å²) in [7, 11) is 0.856. The van der Waals surface area contributed by atoms with Crippen LogP contribution in [-0.2, 0) is 10.8 Å². The highest BCUT2D eigenvalue weighted by Gasteiger charge is 2.47. The topological polar surface area (TPSA) is 65.0 Å². The van der Waals surface area contributed by atoms with Gasteiger partial charge in [0.1, 0.15) is 17.1 Å². The maximum atomic E-state index is 12.2. The lowest BCUT2D eigenvalue weighted by molar-refractivity contribution is 0.0689. The minimum Gasteiger partial charge on any atom is -0.497 e. The highest BCUT2D eigenvalue weighted by molar-refractivity contribution is 6.77. The quantitative estimate of drug-likeness (QED) is 0.282. The second-order valence-corrected chi connectivity index (χ2v) is 14.9. The van der Waals surface area contributed by atoms with Gasteiger partial charge in [0.05, 0.1) is 20.3 Å². The third-order valence-electron chi connectivity index (χ3n) is 6.55. The SMILES string of the molecule is CC#CC[C@H](C)[C@@H](Cc1cc(OC)cc(OC)c1C(=O)O)O[Si](C(C)C)(C(C)C)C(C)C. The lowest BCUT2D eigenvalue weighted by Crippen LogP contribution is -2.51. The molecule has 0 aliphatic carbocycles. The summed E-state index contributed by atoms with van der Waals surface area (Å²) < 4.78 is 18.0. The molecule has 0 saturated carbocycles. The molecule has 1 N–H and O–H groups in total. The first-order valence-electron chi connectivity index (χ1n) is 11.5. The van der Waals surface area contributed by atoms with Crippen molar-refractivity contribution in [3.63, 3.8) is 0 Å². The third kappa shape index (κ3) is 6.30. The monoisotopic (exact) mass is 462 g/mol. The van der Waals surface area contributed by atoms with Gasteiger partial charge in [-0.3, -0.25) is 0 Å². The van der Waals surface area contributed by atoms with Crippen LogP contribution in [0.1, 0.15) is 77.7 Å². The Kier molecular flexibility index (Phi) is 10.8. The Morgan fingerprint density at radius 2 is 1.56 bits per heavy atom. The second kappa shape index (κ2) is 12.3. The van der Waals surface area contributed by atoms with Crippen LogP contribution in [0.25, 0.3) is 0 Å². The van der Waals surface area contributed by atoms with E-state index < -0.39 is 14.3 Å². The van der Waals surface area contributed by atoms with Gasteiger partial charge in [0, 0.05) is 12.5 Å². The van der Waals surface area contributed by atoms with Crippen LogP contribution < -0.4 is 9.47 Å². The van der Waals surface area contributed by atoms with Gasteiger partial charge >= 0.3 is 5.97 Å². The zero-order valence-corrected chi connectivity index (χ0v) is 22.5. The molecule has 1 rings (SSSR count). The molecular formula is C26H42O5Si. The van der Waals surface area contributed by atoms with Gasteiger partial charge in [0.25, 0.3) is 0 Å². The molecule has 32 heavy (non-hydrogen) atoms. The maximum Gasteiger partial charge on any atom is 0.339 e. The predicted molar refractivity (Wildman–Crippen MR) is 133 cm³/mol. The molecule has 0 aliphatic heterocycles. The van der Waals surface area contributed by atoms with Crippen molar-refractivity contribution in [3.8, 4) is 23.3 Å². The largest absolute Gasteiger partial charge is 0.497 e. The van der Waals surface area contributed by atoms with Crippen molar-refractivity contribution in [1.29, 1.82) is 0 Å². The third-order valence-corrected chi connectivity index (χ3v) is 12.7. The summed E-state index contributed by atoms with van der Waals surface area (Å²) in [6.45, 7) is 17.6. The van der Waals surface area contributed by atoms with Crippen LogP contribution in [0.4, 0.5) is 0 Å². The number of methoxy groups -OCH3 is 2. The summed E-state index contributed by atoms with van der Waals surface area (Å²) in [6, 6.07) is 3.41. The van der Waals surface area contributed by atoms with Crippen molar-refractivity contribution < 1.29 is 23.8 Å². The highest BCUT2D eigenvalue weighted by Crippen LogP contribution is 2.44. The molecule has 1 aromatic rings. The van der Waals surface area contributed by atoms with Crippen molar-refractivity contribution in [2.45, 2.75) is 91.0 Å². The molecule has 0 bridgehead atoms. The molecule has 180 valence electrons. The zero-order chi connectivity index (χ0) is 24.6. The predicted octanol–water partition coefficient (Wildman–Crippen LogP) is 6.55. The average Bonchev–Trinajstić information content (AvgIpc) is 2.72. The van der Waals surface area contributed by atoms with E-state index in [-0.39, 0.29) is 17.6 Å². The number of aromatic carboxylic acids is 1. The number of carbonyl (C=O) groups is 1. The van der Waals surface area contributed by atoms with E-state index in [2.05, 4.69) is 60.3 Å². The van der Waals surface area contributed by atoms with Crippen LogP contribution in [0.2, 0.25) is 16.6 Å². The Morgan fingerprint density at radius 1 is 1.00 bits per heavy atom. The Morgan fingerprint density at radius 3 is 1.97 bits per heavy atom. The summed E-state index contributed by atoms with van der Waals surface area (Å²) in [5, 5.41) is 9.96. The summed E-state index contributed by atoms with van der Waals surface area (Å²) in [4.78, 5) is 12.2. The van der Waals surface area contributed by atoms with E-state index in [0.717, 1.165) is 0 Å². The number of rotatable bonds is 12. The minimum atomic E-state index is -2.19. The summed E-state index contributed by atoms with van der Waals surface area (Å²) >= 11 is 0. The first kappa shape index (κ1) is 28.1. The smallest absolute Gasteiger partial charge is 0.339 e. The number of carboxylic acid groups (broad SMARTS) is 1. The molecule has 0 unspecified atom stereocenters. The summed E-state index contributed by atoms with van der Waals surface area (Å²) in [5.41, 5.74) is 2.10. The molecule has 2 atom stereocenters. The summed E-state index contributed by atoms with van der Waals surface area (Å²) in [6.07, 6.45) is 0.996. The Hall–Kier alpha value is -1.97. The first-order valence-corrected chi connectivity index (χ1v) is 13.7. The molecule has 6 heteroatoms. The average molecular weight is 463 g/mol. The zero-order valence-electron chi connectivity index (χ0n) is 21.5. The fraction of sp³-hybridized carbons (Fsp3) is 0.654. The normalized spacial score (nSPS) is 13.7. The lowest BCUT2D eigenvalue weighted by Gasteiger charge is -2.46. The van der Waals surface area contributed by atoms with Gasteiger partial charge in [-0.05, 0) is 47.5 Å². The minimum absolute atomic E-state index is 0.143. The molecule has 0 radical (unpaired) electrons. The van der Waals surface area contributed by atoms with Crippen molar-refractivity contribution in [2.75, 3.05) is 14.2 Å². The molecule has 0 heterocycles. The summed E-state index contributed by atoms with van der Waals surface area (Å²) in [5.74, 6) is 6.17. The fourth-order valence-electron chi connectivity index (χ4n) is 4.97. The molecule has 5 nitrogen and oxygen atoms in total. The molecule has 0 saturated heterocycles. The van der Waals surface area contributed by atoms with Gasteiger partial charge in [0.15, 0.2) is 0 Å². The number of carboxylic acids is 1. The van der Waals surface area contributed by atoms with Crippen LogP contribution in [0.5, 0.6) is 11.5 Å². The molecule has 0 aliphatic rings. The van der Waals surface area contributed by atoms with E-state index >= 15 is 0 Å². The van der Waals surface area contributed by atoms with Gasteiger partial charge in [-0.15, -0.1) is 11.8 Å². The van der Waals surface area contributed by atoms with Gasteiger partial charge in [-0.25, -0.2) is 4.79 Å². The number of benzene rings is 1. The first-order chi connectivity index (χ1) is 15.0. The standard InChI is InChI=1S/C26H42O5Si/c1-11-12-13-20(8)23(31-32(17(2)3,18(4)5)19(6)7)15-21-14-22(29-9)16-24(30-10)25(21)26(27)28/h14,16-20,23H,13,15H2,1-10H3,(H,27,28)/t20-,23+/m0/s1. The van der Waals surface area contributed by atoms with Crippen molar-refractivity contribution >= 4 is 14.3 Å². The van der Waals surface area contributed by atoms with Crippen LogP contribution in [-0.4, -0.2) is 39.7 Å². The van der Waals surface area contributed by atoms with Crippen LogP contribution >= 0.6 is 0 Å². The molecular weight excluding hydrogens is 420 g/mol. The van der Waals surface area contributed by atoms with Gasteiger partial charge in [0.2, 0.25) is 8.32 Å². The lowest BCUT2D eigenvalue weighted by atomic mass is 9.92. The molecule has 0 aromatic heterocycles. The number of hydrogen-bond donors (Lipinski definition) is 1. The van der Waals surface area contributed by atoms with Crippen molar-refractivity contribution in [1.82, 2.24) is 0 Å². The molecule has 1 aromatic carbocycles. The van der Waals surface area contributed by atoms with E-state index in [9.17, 15) is 9.90 Å². The van der Waals surface area contributed by atoms with E-state index in [1.54, 1.807) is 19.2 Å². The Labute approximate surface area is 196 Å². The Bertz CT molecular complexity index is 798. The maximum absolute atomic E-state index is 12.2. The Balaban J connectivity index is 3.61.